The highest BCUT2D eigenvalue weighted by Gasteiger charge is 2.17. The molecule has 0 amide bonds. The molecule has 0 aromatic heterocycles. The minimum atomic E-state index is 0.581. The van der Waals surface area contributed by atoms with Crippen molar-refractivity contribution in [1.29, 1.82) is 0 Å². The van der Waals surface area contributed by atoms with Gasteiger partial charge >= 0.3 is 0 Å². The van der Waals surface area contributed by atoms with Crippen LogP contribution in [-0.2, 0) is 0 Å². The van der Waals surface area contributed by atoms with Gasteiger partial charge in [0.15, 0.2) is 0 Å². The van der Waals surface area contributed by atoms with E-state index in [1.807, 2.05) is 33.8 Å². The van der Waals surface area contributed by atoms with Crippen molar-refractivity contribution >= 4 is 19.6 Å². The molecule has 0 saturated heterocycles. The van der Waals surface area contributed by atoms with Gasteiger partial charge in [-0.1, -0.05) is 74.9 Å². The molecule has 0 fully saturated rings. The van der Waals surface area contributed by atoms with Crippen molar-refractivity contribution in [1.82, 2.24) is 0 Å². The predicted molar refractivity (Wildman–Crippen MR) is 92.8 cm³/mol. The first-order valence-corrected chi connectivity index (χ1v) is 8.22. The van der Waals surface area contributed by atoms with Crippen LogP contribution in [0.1, 0.15) is 41.5 Å². The number of hydrogen-bond acceptors (Lipinski definition) is 1. The molecule has 0 spiro atoms. The van der Waals surface area contributed by atoms with E-state index in [1.54, 1.807) is 0 Å². The van der Waals surface area contributed by atoms with Gasteiger partial charge in [0.1, 0.15) is 0 Å². The summed E-state index contributed by atoms with van der Waals surface area (Å²) in [6.45, 7) is 16.3. The summed E-state index contributed by atoms with van der Waals surface area (Å²) in [5.41, 5.74) is 2.43. The Kier molecular flexibility index (Phi) is 9.26. The number of para-hydroxylation sites is 1. The smallest absolute Gasteiger partial charge is 0.0462 e. The molecule has 2 rings (SSSR count). The number of anilines is 1. The molecule has 0 radical (unpaired) electrons. The van der Waals surface area contributed by atoms with E-state index in [-0.39, 0.29) is 0 Å². The van der Waals surface area contributed by atoms with E-state index in [0.29, 0.717) is 5.92 Å². The second-order valence-corrected chi connectivity index (χ2v) is 5.31. The third kappa shape index (κ3) is 4.84. The highest BCUT2D eigenvalue weighted by atomic mass is 31.1. The molecule has 0 saturated carbocycles. The van der Waals surface area contributed by atoms with Gasteiger partial charge in [-0.05, 0) is 23.4 Å². The maximum absolute atomic E-state index is 3.87. The van der Waals surface area contributed by atoms with Crippen molar-refractivity contribution in [3.63, 3.8) is 0 Å². The lowest BCUT2D eigenvalue weighted by Crippen LogP contribution is -2.15. The van der Waals surface area contributed by atoms with Crippen LogP contribution < -0.4 is 10.6 Å². The molecular weight excluding hydrogens is 249 g/mol. The molecule has 1 N–H and O–H groups in total. The molecule has 1 unspecified atom stereocenters. The zero-order valence-electron chi connectivity index (χ0n) is 13.2. The van der Waals surface area contributed by atoms with Crippen LogP contribution in [0, 0.1) is 5.92 Å². The third-order valence-electron chi connectivity index (χ3n) is 2.54. The van der Waals surface area contributed by atoms with E-state index in [2.05, 4.69) is 50.0 Å². The molecule has 19 heavy (non-hydrogen) atoms. The first-order chi connectivity index (χ1) is 9.22. The summed E-state index contributed by atoms with van der Waals surface area (Å²) < 4.78 is 0. The monoisotopic (exact) mass is 277 g/mol. The van der Waals surface area contributed by atoms with E-state index in [1.165, 1.54) is 22.0 Å². The molecule has 1 heterocycles. The van der Waals surface area contributed by atoms with E-state index in [0.717, 1.165) is 8.58 Å². The second-order valence-electron chi connectivity index (χ2n) is 3.98. The number of fused-ring (bicyclic) bond motifs is 1. The summed E-state index contributed by atoms with van der Waals surface area (Å²) >= 11 is 0. The average Bonchev–Trinajstić information content (AvgIpc) is 2.49. The number of allylic oxidation sites excluding steroid dienone is 2. The molecule has 0 bridgehead atoms. The Morgan fingerprint density at radius 3 is 2.21 bits per heavy atom. The Bertz CT molecular complexity index is 419. The van der Waals surface area contributed by atoms with Gasteiger partial charge in [0.2, 0.25) is 0 Å². The van der Waals surface area contributed by atoms with Crippen molar-refractivity contribution in [2.75, 3.05) is 5.32 Å². The largest absolute Gasteiger partial charge is 0.355 e. The van der Waals surface area contributed by atoms with Gasteiger partial charge in [-0.2, -0.15) is 0 Å². The predicted octanol–water partition coefficient (Wildman–Crippen LogP) is 5.52. The van der Waals surface area contributed by atoms with E-state index in [9.17, 15) is 0 Å². The molecule has 1 aromatic rings. The quantitative estimate of drug-likeness (QED) is 0.702. The maximum Gasteiger partial charge on any atom is 0.0462 e. The van der Waals surface area contributed by atoms with Crippen molar-refractivity contribution in [2.24, 2.45) is 5.92 Å². The molecule has 2 heteroatoms. The highest BCUT2D eigenvalue weighted by molar-refractivity contribution is 7.52. The average molecular weight is 277 g/mol. The fourth-order valence-corrected chi connectivity index (χ4v) is 3.08. The second kappa shape index (κ2) is 9.81. The van der Waals surface area contributed by atoms with Gasteiger partial charge in [-0.3, -0.25) is 0 Å². The molecule has 1 nitrogen and oxygen atoms in total. The number of hydrogen-bond donors (Lipinski definition) is 1. The SMILES string of the molecule is C=CC1=C(C(C)C)Pc2ccccc2N1.CC.CC. The minimum Gasteiger partial charge on any atom is -0.355 e. The Balaban J connectivity index is 0.000000741. The van der Waals surface area contributed by atoms with Gasteiger partial charge in [-0.25, -0.2) is 0 Å². The van der Waals surface area contributed by atoms with Gasteiger partial charge in [0.25, 0.3) is 0 Å². The number of benzene rings is 1. The Morgan fingerprint density at radius 2 is 1.68 bits per heavy atom. The van der Waals surface area contributed by atoms with Crippen molar-refractivity contribution in [2.45, 2.75) is 41.5 Å². The number of rotatable bonds is 2. The van der Waals surface area contributed by atoms with Crippen LogP contribution in [-0.4, -0.2) is 0 Å². The topological polar surface area (TPSA) is 12.0 Å². The van der Waals surface area contributed by atoms with Crippen molar-refractivity contribution < 1.29 is 0 Å². The maximum atomic E-state index is 3.87. The van der Waals surface area contributed by atoms with Gasteiger partial charge < -0.3 is 5.32 Å². The van der Waals surface area contributed by atoms with Crippen LogP contribution in [0.2, 0.25) is 0 Å². The van der Waals surface area contributed by atoms with Gasteiger partial charge in [0.05, 0.1) is 0 Å². The first kappa shape index (κ1) is 17.9. The normalized spacial score (nSPS) is 13.6. The van der Waals surface area contributed by atoms with Crippen LogP contribution >= 0.6 is 8.58 Å². The van der Waals surface area contributed by atoms with E-state index >= 15 is 0 Å². The molecular formula is C17H28NP. The summed E-state index contributed by atoms with van der Waals surface area (Å²) in [5, 5.41) is 6.33. The van der Waals surface area contributed by atoms with Crippen LogP contribution in [0.25, 0.3) is 0 Å². The lowest BCUT2D eigenvalue weighted by atomic mass is 10.1. The summed E-state index contributed by atoms with van der Waals surface area (Å²) in [6.07, 6.45) is 1.93. The summed E-state index contributed by atoms with van der Waals surface area (Å²) in [4.78, 5) is 0. The molecule has 1 aromatic carbocycles. The van der Waals surface area contributed by atoms with Gasteiger partial charge in [0, 0.05) is 16.7 Å². The van der Waals surface area contributed by atoms with E-state index in [4.69, 9.17) is 0 Å². The zero-order valence-corrected chi connectivity index (χ0v) is 14.2. The van der Waals surface area contributed by atoms with Crippen LogP contribution in [0.5, 0.6) is 0 Å². The van der Waals surface area contributed by atoms with Crippen LogP contribution in [0.4, 0.5) is 5.69 Å². The van der Waals surface area contributed by atoms with Gasteiger partial charge in [-0.15, -0.1) is 0 Å². The van der Waals surface area contributed by atoms with Crippen molar-refractivity contribution in [3.8, 4) is 0 Å². The fraction of sp³-hybridized carbons (Fsp3) is 0.412. The molecule has 1 aliphatic rings. The van der Waals surface area contributed by atoms with Crippen molar-refractivity contribution in [3.05, 3.63) is 47.9 Å². The summed E-state index contributed by atoms with van der Waals surface area (Å²) in [5.74, 6) is 0.581. The fourth-order valence-electron chi connectivity index (χ4n) is 1.74. The Morgan fingerprint density at radius 1 is 1.11 bits per heavy atom. The molecule has 1 aliphatic heterocycles. The third-order valence-corrected chi connectivity index (χ3v) is 4.36. The molecule has 0 aliphatic carbocycles. The van der Waals surface area contributed by atoms with Crippen LogP contribution in [0.15, 0.2) is 47.9 Å². The highest BCUT2D eigenvalue weighted by Crippen LogP contribution is 2.38. The molecule has 106 valence electrons. The Hall–Kier alpha value is -1.07. The zero-order chi connectivity index (χ0) is 14.8. The Labute approximate surface area is 121 Å². The minimum absolute atomic E-state index is 0.581. The van der Waals surface area contributed by atoms with Crippen LogP contribution in [0.3, 0.4) is 0 Å². The van der Waals surface area contributed by atoms with E-state index < -0.39 is 0 Å². The summed E-state index contributed by atoms with van der Waals surface area (Å²) in [6, 6.07) is 8.49. The molecule has 1 atom stereocenters. The first-order valence-electron chi connectivity index (χ1n) is 7.22. The lowest BCUT2D eigenvalue weighted by Gasteiger charge is -2.25. The summed E-state index contributed by atoms with van der Waals surface area (Å²) in [7, 11) is 0.777. The number of nitrogens with one attached hydrogen (secondary N) is 1. The standard InChI is InChI=1S/C13H16NP.2C2H6/c1-4-10-13(9(2)3)15-12-8-6-5-7-11(12)14-10;2*1-2/h4-9,14-15H,1H2,2-3H3;2*1-2H3. The lowest BCUT2D eigenvalue weighted by molar-refractivity contribution is 0.808.